The molecule has 1 unspecified atom stereocenters. The second-order valence-corrected chi connectivity index (χ2v) is 7.89. The molecular weight excluding hydrogens is 332 g/mol. The lowest BCUT2D eigenvalue weighted by Crippen LogP contribution is -2.32. The Balaban J connectivity index is 0.00000225. The van der Waals surface area contributed by atoms with Gasteiger partial charge in [-0.3, -0.25) is 4.79 Å². The van der Waals surface area contributed by atoms with Crippen molar-refractivity contribution in [2.24, 2.45) is 23.5 Å². The third-order valence-corrected chi connectivity index (χ3v) is 6.28. The minimum absolute atomic E-state index is 0. The standard InChI is InChI=1S/C21H32N2O.ClH/c1-16(17-8-4-2-5-9-17)12-21(24)23-14-19(13-22)20(15-23)18-10-6-3-7-11-18;/h3,6-7,10-11,16-17,19-20H,2,4-5,8-9,12-15,22H2,1H3;1H/t16?,19-,20+;/m1./s1. The Morgan fingerprint density at radius 3 is 2.48 bits per heavy atom. The molecule has 1 aliphatic heterocycles. The van der Waals surface area contributed by atoms with Crippen molar-refractivity contribution in [2.75, 3.05) is 19.6 Å². The van der Waals surface area contributed by atoms with E-state index in [1.54, 1.807) is 0 Å². The summed E-state index contributed by atoms with van der Waals surface area (Å²) in [6.07, 6.45) is 7.40. The molecule has 1 aromatic carbocycles. The third-order valence-electron chi connectivity index (χ3n) is 6.28. The van der Waals surface area contributed by atoms with Crippen LogP contribution in [0.2, 0.25) is 0 Å². The van der Waals surface area contributed by atoms with Crippen LogP contribution in [0.25, 0.3) is 0 Å². The van der Waals surface area contributed by atoms with E-state index in [2.05, 4.69) is 36.1 Å². The topological polar surface area (TPSA) is 46.3 Å². The van der Waals surface area contributed by atoms with Crippen LogP contribution in [0.4, 0.5) is 0 Å². The molecule has 4 heteroatoms. The maximum absolute atomic E-state index is 12.8. The van der Waals surface area contributed by atoms with E-state index in [0.29, 0.717) is 36.6 Å². The highest BCUT2D eigenvalue weighted by atomic mass is 35.5. The number of likely N-dealkylation sites (tertiary alicyclic amines) is 1. The van der Waals surface area contributed by atoms with Gasteiger partial charge in [0.15, 0.2) is 0 Å². The first-order chi connectivity index (χ1) is 11.7. The predicted molar refractivity (Wildman–Crippen MR) is 106 cm³/mol. The molecule has 0 aromatic heterocycles. The molecule has 0 spiro atoms. The van der Waals surface area contributed by atoms with Gasteiger partial charge in [-0.05, 0) is 29.9 Å². The van der Waals surface area contributed by atoms with Crippen molar-refractivity contribution >= 4 is 18.3 Å². The van der Waals surface area contributed by atoms with Crippen LogP contribution in [0.15, 0.2) is 30.3 Å². The smallest absolute Gasteiger partial charge is 0.222 e. The fourth-order valence-electron chi connectivity index (χ4n) is 4.67. The summed E-state index contributed by atoms with van der Waals surface area (Å²) in [5.74, 6) is 2.39. The lowest BCUT2D eigenvalue weighted by atomic mass is 9.79. The van der Waals surface area contributed by atoms with Gasteiger partial charge in [0.05, 0.1) is 0 Å². The Morgan fingerprint density at radius 1 is 1.16 bits per heavy atom. The van der Waals surface area contributed by atoms with Gasteiger partial charge in [0.2, 0.25) is 5.91 Å². The van der Waals surface area contributed by atoms with Crippen LogP contribution in [0.5, 0.6) is 0 Å². The Labute approximate surface area is 158 Å². The summed E-state index contributed by atoms with van der Waals surface area (Å²) in [5, 5.41) is 0. The lowest BCUT2D eigenvalue weighted by molar-refractivity contribution is -0.131. The van der Waals surface area contributed by atoms with Gasteiger partial charge >= 0.3 is 0 Å². The molecule has 0 radical (unpaired) electrons. The number of hydrogen-bond acceptors (Lipinski definition) is 2. The van der Waals surface area contributed by atoms with Crippen molar-refractivity contribution in [3.63, 3.8) is 0 Å². The van der Waals surface area contributed by atoms with Crippen molar-refractivity contribution in [1.29, 1.82) is 0 Å². The van der Waals surface area contributed by atoms with Crippen LogP contribution >= 0.6 is 12.4 Å². The number of rotatable bonds is 5. The first-order valence-corrected chi connectivity index (χ1v) is 9.71. The molecule has 1 amide bonds. The van der Waals surface area contributed by atoms with Gasteiger partial charge in [-0.15, -0.1) is 12.4 Å². The minimum Gasteiger partial charge on any atom is -0.342 e. The van der Waals surface area contributed by atoms with Crippen molar-refractivity contribution in [3.8, 4) is 0 Å². The minimum atomic E-state index is 0. The zero-order valence-electron chi connectivity index (χ0n) is 15.4. The fourth-order valence-corrected chi connectivity index (χ4v) is 4.67. The van der Waals surface area contributed by atoms with Crippen LogP contribution in [0.1, 0.15) is 56.9 Å². The zero-order chi connectivity index (χ0) is 16.9. The molecule has 1 saturated carbocycles. The third kappa shape index (κ3) is 4.98. The Morgan fingerprint density at radius 2 is 1.84 bits per heavy atom. The van der Waals surface area contributed by atoms with Gasteiger partial charge in [0.1, 0.15) is 0 Å². The Hall–Kier alpha value is -1.06. The highest BCUT2D eigenvalue weighted by Crippen LogP contribution is 2.35. The molecule has 3 nitrogen and oxygen atoms in total. The summed E-state index contributed by atoms with van der Waals surface area (Å²) >= 11 is 0. The number of hydrogen-bond donors (Lipinski definition) is 1. The number of nitrogens with two attached hydrogens (primary N) is 1. The monoisotopic (exact) mass is 364 g/mol. The highest BCUT2D eigenvalue weighted by Gasteiger charge is 2.36. The molecular formula is C21H33ClN2O. The molecule has 1 aromatic rings. The Kier molecular flexibility index (Phi) is 7.77. The van der Waals surface area contributed by atoms with E-state index >= 15 is 0 Å². The van der Waals surface area contributed by atoms with E-state index in [1.165, 1.54) is 37.7 Å². The molecule has 25 heavy (non-hydrogen) atoms. The number of benzene rings is 1. The molecule has 0 bridgehead atoms. The first-order valence-electron chi connectivity index (χ1n) is 9.71. The van der Waals surface area contributed by atoms with E-state index in [-0.39, 0.29) is 12.4 Å². The molecule has 2 N–H and O–H groups in total. The first kappa shape index (κ1) is 20.3. The summed E-state index contributed by atoms with van der Waals surface area (Å²) in [6.45, 7) is 4.59. The van der Waals surface area contributed by atoms with Crippen LogP contribution in [0, 0.1) is 17.8 Å². The second kappa shape index (κ2) is 9.59. The van der Waals surface area contributed by atoms with Gasteiger partial charge in [0, 0.05) is 25.4 Å². The molecule has 2 aliphatic rings. The van der Waals surface area contributed by atoms with E-state index in [4.69, 9.17) is 5.73 Å². The number of carbonyl (C=O) groups is 1. The van der Waals surface area contributed by atoms with Crippen molar-refractivity contribution in [3.05, 3.63) is 35.9 Å². The van der Waals surface area contributed by atoms with Gasteiger partial charge in [0.25, 0.3) is 0 Å². The molecule has 3 rings (SSSR count). The SMILES string of the molecule is CC(CC(=O)N1C[C@@H](CN)[C@H](c2ccccc2)C1)C1CCCCC1.Cl. The van der Waals surface area contributed by atoms with Gasteiger partial charge in [-0.1, -0.05) is 69.4 Å². The number of carbonyl (C=O) groups excluding carboxylic acids is 1. The summed E-state index contributed by atoms with van der Waals surface area (Å²) < 4.78 is 0. The number of amides is 1. The maximum atomic E-state index is 12.8. The van der Waals surface area contributed by atoms with E-state index < -0.39 is 0 Å². The maximum Gasteiger partial charge on any atom is 0.222 e. The zero-order valence-corrected chi connectivity index (χ0v) is 16.2. The fraction of sp³-hybridized carbons (Fsp3) is 0.667. The predicted octanol–water partition coefficient (Wildman–Crippen LogP) is 4.22. The normalized spacial score (nSPS) is 25.4. The van der Waals surface area contributed by atoms with Gasteiger partial charge in [-0.25, -0.2) is 0 Å². The summed E-state index contributed by atoms with van der Waals surface area (Å²) in [5.41, 5.74) is 7.33. The highest BCUT2D eigenvalue weighted by molar-refractivity contribution is 5.85. The van der Waals surface area contributed by atoms with Crippen LogP contribution in [0.3, 0.4) is 0 Å². The molecule has 140 valence electrons. The molecule has 2 fully saturated rings. The van der Waals surface area contributed by atoms with Crippen LogP contribution in [-0.4, -0.2) is 30.4 Å². The quantitative estimate of drug-likeness (QED) is 0.850. The molecule has 1 aliphatic carbocycles. The summed E-state index contributed by atoms with van der Waals surface area (Å²) in [4.78, 5) is 14.9. The van der Waals surface area contributed by atoms with Crippen LogP contribution in [-0.2, 0) is 4.79 Å². The van der Waals surface area contributed by atoms with E-state index in [9.17, 15) is 4.79 Å². The largest absolute Gasteiger partial charge is 0.342 e. The molecule has 1 heterocycles. The summed E-state index contributed by atoms with van der Waals surface area (Å²) in [6, 6.07) is 10.6. The lowest BCUT2D eigenvalue weighted by Gasteiger charge is -2.28. The molecule has 3 atom stereocenters. The summed E-state index contributed by atoms with van der Waals surface area (Å²) in [7, 11) is 0. The average molecular weight is 365 g/mol. The van der Waals surface area contributed by atoms with Crippen molar-refractivity contribution in [1.82, 2.24) is 4.90 Å². The van der Waals surface area contributed by atoms with Crippen molar-refractivity contribution < 1.29 is 4.79 Å². The molecule has 1 saturated heterocycles. The van der Waals surface area contributed by atoms with Crippen molar-refractivity contribution in [2.45, 2.75) is 51.4 Å². The Bertz CT molecular complexity index is 530. The van der Waals surface area contributed by atoms with Gasteiger partial charge in [-0.2, -0.15) is 0 Å². The second-order valence-electron chi connectivity index (χ2n) is 7.89. The van der Waals surface area contributed by atoms with E-state index in [0.717, 1.165) is 19.0 Å². The van der Waals surface area contributed by atoms with Gasteiger partial charge < -0.3 is 10.6 Å². The number of nitrogens with zero attached hydrogens (tertiary/aromatic N) is 1. The van der Waals surface area contributed by atoms with E-state index in [1.807, 2.05) is 6.07 Å². The van der Waals surface area contributed by atoms with Crippen LogP contribution < -0.4 is 5.73 Å². The number of halogens is 1. The average Bonchev–Trinajstić information content (AvgIpc) is 3.08.